The lowest BCUT2D eigenvalue weighted by Crippen LogP contribution is -2.22. The van der Waals surface area contributed by atoms with Crippen molar-refractivity contribution in [3.05, 3.63) is 35.4 Å². The molecule has 92 valence electrons. The average Bonchev–Trinajstić information content (AvgIpc) is 2.35. The van der Waals surface area contributed by atoms with Gasteiger partial charge in [0, 0.05) is 12.5 Å². The molecule has 0 spiro atoms. The van der Waals surface area contributed by atoms with Crippen LogP contribution in [0.4, 0.5) is 0 Å². The van der Waals surface area contributed by atoms with E-state index in [0.717, 1.165) is 19.4 Å². The minimum atomic E-state index is 0.441. The molecule has 0 amide bonds. The fraction of sp³-hybridized carbons (Fsp3) is 0.500. The summed E-state index contributed by atoms with van der Waals surface area (Å²) >= 11 is 0. The van der Waals surface area contributed by atoms with Crippen molar-refractivity contribution < 1.29 is 0 Å². The van der Waals surface area contributed by atoms with E-state index in [4.69, 9.17) is 0 Å². The first kappa shape index (κ1) is 13.8. The molecule has 0 heterocycles. The predicted molar refractivity (Wildman–Crippen MR) is 74.9 cm³/mol. The largest absolute Gasteiger partial charge is 0.310 e. The molecule has 1 aromatic rings. The second-order valence-electron chi connectivity index (χ2n) is 4.38. The Labute approximate surface area is 106 Å². The highest BCUT2D eigenvalue weighted by molar-refractivity contribution is 5.24. The number of rotatable bonds is 6. The molecule has 1 rings (SSSR count). The number of hydrogen-bond donors (Lipinski definition) is 1. The van der Waals surface area contributed by atoms with Crippen molar-refractivity contribution in [1.29, 1.82) is 0 Å². The molecule has 0 aliphatic carbocycles. The molecule has 1 aromatic carbocycles. The number of hydrogen-bond acceptors (Lipinski definition) is 1. The molecule has 0 aliphatic rings. The van der Waals surface area contributed by atoms with Crippen LogP contribution in [-0.4, -0.2) is 6.54 Å². The maximum Gasteiger partial charge on any atom is 0.0329 e. The lowest BCUT2D eigenvalue weighted by atomic mass is 10.0. The third kappa shape index (κ3) is 5.06. The fourth-order valence-electron chi connectivity index (χ4n) is 1.85. The van der Waals surface area contributed by atoms with E-state index in [1.54, 1.807) is 0 Å². The Morgan fingerprint density at radius 2 is 1.94 bits per heavy atom. The highest BCUT2D eigenvalue weighted by Crippen LogP contribution is 2.18. The van der Waals surface area contributed by atoms with Gasteiger partial charge in [0.1, 0.15) is 0 Å². The fourth-order valence-corrected chi connectivity index (χ4v) is 1.85. The summed E-state index contributed by atoms with van der Waals surface area (Å²) in [6.45, 7) is 7.30. The summed E-state index contributed by atoms with van der Waals surface area (Å²) in [7, 11) is 0. The zero-order chi connectivity index (χ0) is 12.5. The molecule has 0 fully saturated rings. The van der Waals surface area contributed by atoms with E-state index in [9.17, 15) is 0 Å². The Bertz CT molecular complexity index is 367. The van der Waals surface area contributed by atoms with E-state index in [1.807, 2.05) is 6.92 Å². The zero-order valence-electron chi connectivity index (χ0n) is 11.2. The SMILES string of the molecule is CC#CCCC(NCCC)c1ccc(C)cc1. The van der Waals surface area contributed by atoms with E-state index < -0.39 is 0 Å². The van der Waals surface area contributed by atoms with Crippen molar-refractivity contribution in [2.45, 2.75) is 46.1 Å². The van der Waals surface area contributed by atoms with Crippen LogP contribution in [-0.2, 0) is 0 Å². The van der Waals surface area contributed by atoms with Crippen LogP contribution < -0.4 is 5.32 Å². The maximum absolute atomic E-state index is 3.60. The summed E-state index contributed by atoms with van der Waals surface area (Å²) < 4.78 is 0. The third-order valence-corrected chi connectivity index (χ3v) is 2.86. The van der Waals surface area contributed by atoms with Gasteiger partial charge in [0.25, 0.3) is 0 Å². The summed E-state index contributed by atoms with van der Waals surface area (Å²) in [6, 6.07) is 9.25. The number of aryl methyl sites for hydroxylation is 1. The highest BCUT2D eigenvalue weighted by Gasteiger charge is 2.09. The van der Waals surface area contributed by atoms with Gasteiger partial charge in [-0.1, -0.05) is 36.8 Å². The minimum absolute atomic E-state index is 0.441. The molecule has 1 nitrogen and oxygen atoms in total. The second-order valence-corrected chi connectivity index (χ2v) is 4.38. The summed E-state index contributed by atoms with van der Waals surface area (Å²) in [6.07, 6.45) is 3.22. The summed E-state index contributed by atoms with van der Waals surface area (Å²) in [5, 5.41) is 3.60. The first-order valence-electron chi connectivity index (χ1n) is 6.47. The van der Waals surface area contributed by atoms with E-state index in [1.165, 1.54) is 17.5 Å². The van der Waals surface area contributed by atoms with Crippen LogP contribution in [0.1, 0.15) is 50.3 Å². The molecule has 1 atom stereocenters. The molecule has 0 saturated carbocycles. The molecule has 0 aromatic heterocycles. The summed E-state index contributed by atoms with van der Waals surface area (Å²) in [5.41, 5.74) is 2.69. The normalized spacial score (nSPS) is 11.7. The van der Waals surface area contributed by atoms with Crippen molar-refractivity contribution in [1.82, 2.24) is 5.32 Å². The Balaban J connectivity index is 2.65. The van der Waals surface area contributed by atoms with Gasteiger partial charge in [-0.25, -0.2) is 0 Å². The van der Waals surface area contributed by atoms with E-state index in [0.29, 0.717) is 6.04 Å². The van der Waals surface area contributed by atoms with Crippen LogP contribution >= 0.6 is 0 Å². The lowest BCUT2D eigenvalue weighted by Gasteiger charge is -2.18. The van der Waals surface area contributed by atoms with Gasteiger partial charge in [-0.3, -0.25) is 0 Å². The van der Waals surface area contributed by atoms with Gasteiger partial charge in [-0.05, 0) is 38.8 Å². The monoisotopic (exact) mass is 229 g/mol. The zero-order valence-corrected chi connectivity index (χ0v) is 11.2. The molecule has 17 heavy (non-hydrogen) atoms. The Kier molecular flexibility index (Phi) is 6.43. The third-order valence-electron chi connectivity index (χ3n) is 2.86. The van der Waals surface area contributed by atoms with Gasteiger partial charge in [0.15, 0.2) is 0 Å². The standard InChI is InChI=1S/C16H23N/c1-4-6-7-8-16(17-13-5-2)15-11-9-14(3)10-12-15/h9-12,16-17H,5,7-8,13H2,1-3H3. The van der Waals surface area contributed by atoms with Crippen molar-refractivity contribution in [3.63, 3.8) is 0 Å². The van der Waals surface area contributed by atoms with E-state index in [2.05, 4.69) is 55.3 Å². The molecule has 1 heteroatoms. The first-order valence-corrected chi connectivity index (χ1v) is 6.47. The molecule has 0 aliphatic heterocycles. The van der Waals surface area contributed by atoms with Crippen LogP contribution in [0.15, 0.2) is 24.3 Å². The Morgan fingerprint density at radius 1 is 1.24 bits per heavy atom. The van der Waals surface area contributed by atoms with Gasteiger partial charge in [0.05, 0.1) is 0 Å². The van der Waals surface area contributed by atoms with Crippen molar-refractivity contribution >= 4 is 0 Å². The van der Waals surface area contributed by atoms with Crippen LogP contribution in [0, 0.1) is 18.8 Å². The quantitative estimate of drug-likeness (QED) is 0.731. The predicted octanol–water partition coefficient (Wildman–Crippen LogP) is 3.84. The molecular weight excluding hydrogens is 206 g/mol. The van der Waals surface area contributed by atoms with Crippen molar-refractivity contribution in [2.75, 3.05) is 6.54 Å². The molecule has 0 radical (unpaired) electrons. The van der Waals surface area contributed by atoms with Crippen molar-refractivity contribution in [2.24, 2.45) is 0 Å². The van der Waals surface area contributed by atoms with Gasteiger partial charge in [-0.15, -0.1) is 11.8 Å². The van der Waals surface area contributed by atoms with Crippen LogP contribution in [0.3, 0.4) is 0 Å². The van der Waals surface area contributed by atoms with E-state index >= 15 is 0 Å². The van der Waals surface area contributed by atoms with Gasteiger partial charge < -0.3 is 5.32 Å². The number of nitrogens with one attached hydrogen (secondary N) is 1. The maximum atomic E-state index is 3.60. The van der Waals surface area contributed by atoms with Gasteiger partial charge >= 0.3 is 0 Å². The molecule has 0 saturated heterocycles. The first-order chi connectivity index (χ1) is 8.27. The van der Waals surface area contributed by atoms with Crippen LogP contribution in [0.25, 0.3) is 0 Å². The minimum Gasteiger partial charge on any atom is -0.310 e. The van der Waals surface area contributed by atoms with Gasteiger partial charge in [-0.2, -0.15) is 0 Å². The van der Waals surface area contributed by atoms with Crippen LogP contribution in [0.2, 0.25) is 0 Å². The molecule has 1 N–H and O–H groups in total. The highest BCUT2D eigenvalue weighted by atomic mass is 14.9. The summed E-state index contributed by atoms with van der Waals surface area (Å²) in [5.74, 6) is 6.11. The Morgan fingerprint density at radius 3 is 2.53 bits per heavy atom. The molecular formula is C16H23N. The number of benzene rings is 1. The molecule has 0 bridgehead atoms. The smallest absolute Gasteiger partial charge is 0.0329 e. The van der Waals surface area contributed by atoms with Gasteiger partial charge in [0.2, 0.25) is 0 Å². The average molecular weight is 229 g/mol. The Hall–Kier alpha value is -1.26. The van der Waals surface area contributed by atoms with Crippen LogP contribution in [0.5, 0.6) is 0 Å². The topological polar surface area (TPSA) is 12.0 Å². The molecule has 1 unspecified atom stereocenters. The lowest BCUT2D eigenvalue weighted by molar-refractivity contribution is 0.505. The van der Waals surface area contributed by atoms with Crippen molar-refractivity contribution in [3.8, 4) is 11.8 Å². The summed E-state index contributed by atoms with van der Waals surface area (Å²) in [4.78, 5) is 0. The van der Waals surface area contributed by atoms with E-state index in [-0.39, 0.29) is 0 Å². The second kappa shape index (κ2) is 7.92.